The number of aromatic nitrogens is 3. The van der Waals surface area contributed by atoms with Crippen molar-refractivity contribution in [3.05, 3.63) is 22.1 Å². The number of fused-ring (bicyclic) bond motifs is 1. The van der Waals surface area contributed by atoms with Crippen molar-refractivity contribution >= 4 is 44.5 Å². The summed E-state index contributed by atoms with van der Waals surface area (Å²) < 4.78 is 2.18. The van der Waals surface area contributed by atoms with E-state index in [0.29, 0.717) is 20.7 Å². The van der Waals surface area contributed by atoms with Gasteiger partial charge in [0.25, 0.3) is 0 Å². The highest BCUT2D eigenvalue weighted by Crippen LogP contribution is 2.29. The predicted octanol–water partition coefficient (Wildman–Crippen LogP) is 1.93. The van der Waals surface area contributed by atoms with Gasteiger partial charge in [0, 0.05) is 10.7 Å². The Morgan fingerprint density at radius 3 is 3.00 bits per heavy atom. The van der Waals surface area contributed by atoms with E-state index in [0.717, 1.165) is 0 Å². The summed E-state index contributed by atoms with van der Waals surface area (Å²) in [6.45, 7) is -0.157. The van der Waals surface area contributed by atoms with Gasteiger partial charge in [0.15, 0.2) is 0 Å². The van der Waals surface area contributed by atoms with Crippen molar-refractivity contribution in [3.63, 3.8) is 0 Å². The van der Waals surface area contributed by atoms with Gasteiger partial charge in [0.2, 0.25) is 0 Å². The summed E-state index contributed by atoms with van der Waals surface area (Å²) in [7, 11) is 0. The van der Waals surface area contributed by atoms with E-state index in [-0.39, 0.29) is 6.54 Å². The average molecular weight is 291 g/mol. The second-order valence-electron chi connectivity index (χ2n) is 2.86. The molecule has 5 nitrogen and oxygen atoms in total. The minimum Gasteiger partial charge on any atom is -0.480 e. The molecular weight excluding hydrogens is 285 g/mol. The molecule has 0 radical (unpaired) electrons. The lowest BCUT2D eigenvalue weighted by Crippen LogP contribution is -2.07. The van der Waals surface area contributed by atoms with Gasteiger partial charge >= 0.3 is 5.97 Å². The molecule has 0 aromatic carbocycles. The minimum atomic E-state index is -0.936. The van der Waals surface area contributed by atoms with Crippen LogP contribution in [-0.4, -0.2) is 25.6 Å². The maximum absolute atomic E-state index is 10.6. The van der Waals surface area contributed by atoms with Gasteiger partial charge in [0.05, 0.1) is 5.39 Å². The lowest BCUT2D eigenvalue weighted by Gasteiger charge is -1.99. The van der Waals surface area contributed by atoms with E-state index in [1.165, 1.54) is 10.9 Å². The number of hydrogen-bond donors (Lipinski definition) is 1. The van der Waals surface area contributed by atoms with Crippen LogP contribution in [0.3, 0.4) is 0 Å². The van der Waals surface area contributed by atoms with E-state index in [4.69, 9.17) is 16.7 Å². The van der Waals surface area contributed by atoms with Crippen LogP contribution in [0.1, 0.15) is 0 Å². The molecule has 0 amide bonds. The number of aliphatic carboxylic acids is 1. The number of halogens is 2. The first-order valence-corrected chi connectivity index (χ1v) is 5.13. The van der Waals surface area contributed by atoms with Gasteiger partial charge in [-0.15, -0.1) is 0 Å². The molecule has 2 aromatic heterocycles. The number of carboxylic acid groups (broad SMARTS) is 1. The molecule has 0 aliphatic rings. The van der Waals surface area contributed by atoms with Crippen LogP contribution in [0.15, 0.2) is 17.0 Å². The number of carbonyl (C=O) groups is 1. The van der Waals surface area contributed by atoms with Crippen molar-refractivity contribution in [2.75, 3.05) is 0 Å². The van der Waals surface area contributed by atoms with Gasteiger partial charge in [-0.25, -0.2) is 9.97 Å². The third-order valence-electron chi connectivity index (χ3n) is 1.87. The molecule has 2 rings (SSSR count). The standard InChI is InChI=1S/C8H5BrClN3O2/c9-4-1-13(2-5(14)15)8-6(4)7(10)11-3-12-8/h1,3H,2H2,(H,14,15). The molecule has 15 heavy (non-hydrogen) atoms. The van der Waals surface area contributed by atoms with E-state index in [9.17, 15) is 4.79 Å². The largest absolute Gasteiger partial charge is 0.480 e. The molecule has 0 aliphatic carbocycles. The quantitative estimate of drug-likeness (QED) is 0.858. The normalized spacial score (nSPS) is 10.8. The third kappa shape index (κ3) is 1.82. The van der Waals surface area contributed by atoms with Crippen molar-refractivity contribution in [1.82, 2.24) is 14.5 Å². The SMILES string of the molecule is O=C(O)Cn1cc(Br)c2c(Cl)ncnc21. The highest BCUT2D eigenvalue weighted by Gasteiger charge is 2.13. The molecule has 0 unspecified atom stereocenters. The lowest BCUT2D eigenvalue weighted by atomic mass is 10.4. The molecule has 0 spiro atoms. The first-order valence-electron chi connectivity index (χ1n) is 3.96. The van der Waals surface area contributed by atoms with Crippen molar-refractivity contribution in [1.29, 1.82) is 0 Å². The summed E-state index contributed by atoms with van der Waals surface area (Å²) in [5, 5.41) is 9.62. The predicted molar refractivity (Wildman–Crippen MR) is 57.9 cm³/mol. The maximum atomic E-state index is 10.6. The maximum Gasteiger partial charge on any atom is 0.323 e. The molecule has 0 atom stereocenters. The van der Waals surface area contributed by atoms with Gasteiger partial charge in [-0.1, -0.05) is 11.6 Å². The third-order valence-corrected chi connectivity index (χ3v) is 2.75. The van der Waals surface area contributed by atoms with E-state index in [2.05, 4.69) is 25.9 Å². The molecular formula is C8H5BrClN3O2. The van der Waals surface area contributed by atoms with E-state index < -0.39 is 5.97 Å². The van der Waals surface area contributed by atoms with E-state index in [1.54, 1.807) is 6.20 Å². The molecule has 0 saturated heterocycles. The van der Waals surface area contributed by atoms with Gasteiger partial charge < -0.3 is 9.67 Å². The van der Waals surface area contributed by atoms with Crippen molar-refractivity contribution in [2.24, 2.45) is 0 Å². The number of rotatable bonds is 2. The van der Waals surface area contributed by atoms with Crippen LogP contribution in [0, 0.1) is 0 Å². The van der Waals surface area contributed by atoms with Crippen molar-refractivity contribution in [3.8, 4) is 0 Å². The van der Waals surface area contributed by atoms with E-state index >= 15 is 0 Å². The Morgan fingerprint density at radius 2 is 2.33 bits per heavy atom. The highest BCUT2D eigenvalue weighted by atomic mass is 79.9. The molecule has 2 aromatic rings. The minimum absolute atomic E-state index is 0.157. The molecule has 0 saturated carbocycles. The number of nitrogens with zero attached hydrogens (tertiary/aromatic N) is 3. The van der Waals surface area contributed by atoms with Crippen LogP contribution < -0.4 is 0 Å². The van der Waals surface area contributed by atoms with Crippen LogP contribution in [0.5, 0.6) is 0 Å². The lowest BCUT2D eigenvalue weighted by molar-refractivity contribution is -0.137. The molecule has 2 heterocycles. The van der Waals surface area contributed by atoms with Gasteiger partial charge in [0.1, 0.15) is 23.7 Å². The first kappa shape index (κ1) is 10.4. The zero-order valence-electron chi connectivity index (χ0n) is 7.31. The van der Waals surface area contributed by atoms with Crippen molar-refractivity contribution in [2.45, 2.75) is 6.54 Å². The second-order valence-corrected chi connectivity index (χ2v) is 4.07. The fourth-order valence-electron chi connectivity index (χ4n) is 1.31. The zero-order valence-corrected chi connectivity index (χ0v) is 9.66. The average Bonchev–Trinajstić information content (AvgIpc) is 2.44. The Labute approximate surface area is 97.8 Å². The Bertz CT molecular complexity index is 540. The fourth-order valence-corrected chi connectivity index (χ4v) is 2.26. The molecule has 0 fully saturated rings. The van der Waals surface area contributed by atoms with E-state index in [1.807, 2.05) is 0 Å². The van der Waals surface area contributed by atoms with Gasteiger partial charge in [-0.2, -0.15) is 0 Å². The summed E-state index contributed by atoms with van der Waals surface area (Å²) >= 11 is 9.15. The highest BCUT2D eigenvalue weighted by molar-refractivity contribution is 9.10. The monoisotopic (exact) mass is 289 g/mol. The Hall–Kier alpha value is -1.14. The first-order chi connectivity index (χ1) is 7.09. The molecule has 0 aliphatic heterocycles. The Kier molecular flexibility index (Phi) is 2.62. The van der Waals surface area contributed by atoms with Gasteiger partial charge in [-0.05, 0) is 15.9 Å². The Morgan fingerprint density at radius 1 is 1.60 bits per heavy atom. The summed E-state index contributed by atoms with van der Waals surface area (Å²) in [6, 6.07) is 0. The topological polar surface area (TPSA) is 68.0 Å². The summed E-state index contributed by atoms with van der Waals surface area (Å²) in [5.41, 5.74) is 0.504. The second kappa shape index (κ2) is 3.79. The van der Waals surface area contributed by atoms with Crippen LogP contribution in [0.4, 0.5) is 0 Å². The van der Waals surface area contributed by atoms with Crippen molar-refractivity contribution < 1.29 is 9.90 Å². The molecule has 7 heteroatoms. The van der Waals surface area contributed by atoms with Crippen LogP contribution in [0.25, 0.3) is 11.0 Å². The van der Waals surface area contributed by atoms with Crippen LogP contribution in [0.2, 0.25) is 5.15 Å². The summed E-state index contributed by atoms with van der Waals surface area (Å²) in [4.78, 5) is 18.4. The molecule has 78 valence electrons. The van der Waals surface area contributed by atoms with Gasteiger partial charge in [-0.3, -0.25) is 4.79 Å². The number of hydrogen-bond acceptors (Lipinski definition) is 3. The van der Waals surface area contributed by atoms with Crippen LogP contribution in [-0.2, 0) is 11.3 Å². The smallest absolute Gasteiger partial charge is 0.323 e. The number of carboxylic acids is 1. The summed E-state index contributed by atoms with van der Waals surface area (Å²) in [6.07, 6.45) is 2.93. The fraction of sp³-hybridized carbons (Fsp3) is 0.125. The molecule has 0 bridgehead atoms. The molecule has 1 N–H and O–H groups in total. The zero-order chi connectivity index (χ0) is 11.0. The Balaban J connectivity index is 2.68. The van der Waals surface area contributed by atoms with Crippen LogP contribution >= 0.6 is 27.5 Å². The summed E-state index contributed by atoms with van der Waals surface area (Å²) in [5.74, 6) is -0.936.